The van der Waals surface area contributed by atoms with Crippen LogP contribution in [0.1, 0.15) is 57.2 Å². The summed E-state index contributed by atoms with van der Waals surface area (Å²) in [5.41, 5.74) is 2.78. The minimum atomic E-state index is -0.299. The van der Waals surface area contributed by atoms with Crippen molar-refractivity contribution in [2.24, 2.45) is 0 Å². The summed E-state index contributed by atoms with van der Waals surface area (Å²) in [7, 11) is 0. The largest absolute Gasteiger partial charge is 0.426 e. The highest BCUT2D eigenvalue weighted by atomic mass is 16.5. The number of nitrogens with zero attached hydrogens (tertiary/aromatic N) is 1. The summed E-state index contributed by atoms with van der Waals surface area (Å²) >= 11 is 0. The Hall–Kier alpha value is -2.16. The zero-order valence-corrected chi connectivity index (χ0v) is 15.0. The number of rotatable bonds is 8. The molecule has 2 rings (SSSR count). The summed E-state index contributed by atoms with van der Waals surface area (Å²) in [6.07, 6.45) is 11.4. The molecule has 0 aliphatic rings. The van der Waals surface area contributed by atoms with Crippen molar-refractivity contribution < 1.29 is 9.53 Å². The van der Waals surface area contributed by atoms with Crippen molar-refractivity contribution in [1.82, 2.24) is 4.98 Å². The van der Waals surface area contributed by atoms with Crippen LogP contribution in [0.4, 0.5) is 0 Å². The minimum absolute atomic E-state index is 0.299. The van der Waals surface area contributed by atoms with Crippen molar-refractivity contribution in [3.8, 4) is 5.75 Å². The van der Waals surface area contributed by atoms with Gasteiger partial charge in [0.05, 0.1) is 11.2 Å². The zero-order valence-electron chi connectivity index (χ0n) is 15.0. The molecule has 0 spiro atoms. The van der Waals surface area contributed by atoms with Crippen LogP contribution in [-0.2, 0) is 11.2 Å². The highest BCUT2D eigenvalue weighted by molar-refractivity contribution is 5.89. The molecule has 0 aliphatic heterocycles. The van der Waals surface area contributed by atoms with E-state index in [4.69, 9.17) is 9.72 Å². The number of hydrogen-bond acceptors (Lipinski definition) is 3. The Morgan fingerprint density at radius 1 is 1.17 bits per heavy atom. The highest BCUT2D eigenvalue weighted by Crippen LogP contribution is 2.30. The third kappa shape index (κ3) is 4.92. The van der Waals surface area contributed by atoms with Gasteiger partial charge < -0.3 is 4.74 Å². The summed E-state index contributed by atoms with van der Waals surface area (Å²) in [5.74, 6) is 0.339. The fourth-order valence-corrected chi connectivity index (χ4v) is 2.80. The number of hydrogen-bond donors (Lipinski definition) is 0. The Kier molecular flexibility index (Phi) is 6.98. The molecule has 0 aliphatic carbocycles. The summed E-state index contributed by atoms with van der Waals surface area (Å²) in [5, 5.41) is 0.887. The normalized spacial score (nSPS) is 11.3. The van der Waals surface area contributed by atoms with Crippen molar-refractivity contribution in [2.75, 3.05) is 0 Å². The maximum absolute atomic E-state index is 11.4. The van der Waals surface area contributed by atoms with E-state index in [1.165, 1.54) is 32.6 Å². The molecule has 24 heavy (non-hydrogen) atoms. The van der Waals surface area contributed by atoms with Gasteiger partial charge in [-0.1, -0.05) is 50.5 Å². The number of fused-ring (bicyclic) bond motifs is 1. The highest BCUT2D eigenvalue weighted by Gasteiger charge is 2.13. The summed E-state index contributed by atoms with van der Waals surface area (Å²) in [4.78, 5) is 16.2. The first-order valence-corrected chi connectivity index (χ1v) is 8.85. The Bertz CT molecular complexity index is 719. The molecular weight excluding hydrogens is 298 g/mol. The van der Waals surface area contributed by atoms with E-state index in [1.807, 2.05) is 31.2 Å². The van der Waals surface area contributed by atoms with Gasteiger partial charge in [-0.3, -0.25) is 9.78 Å². The Morgan fingerprint density at radius 2 is 1.96 bits per heavy atom. The second kappa shape index (κ2) is 9.21. The van der Waals surface area contributed by atoms with Gasteiger partial charge >= 0.3 is 5.97 Å². The van der Waals surface area contributed by atoms with Crippen molar-refractivity contribution in [3.63, 3.8) is 0 Å². The molecule has 0 atom stereocenters. The van der Waals surface area contributed by atoms with Crippen LogP contribution < -0.4 is 4.74 Å². The van der Waals surface area contributed by atoms with E-state index in [0.29, 0.717) is 5.75 Å². The van der Waals surface area contributed by atoms with Crippen LogP contribution in [0.5, 0.6) is 5.75 Å². The molecule has 0 saturated heterocycles. The van der Waals surface area contributed by atoms with Gasteiger partial charge in [-0.15, -0.1) is 0 Å². The van der Waals surface area contributed by atoms with Gasteiger partial charge in [0.15, 0.2) is 0 Å². The number of aromatic nitrogens is 1. The lowest BCUT2D eigenvalue weighted by molar-refractivity contribution is -0.131. The van der Waals surface area contributed by atoms with Gasteiger partial charge in [-0.25, -0.2) is 0 Å². The topological polar surface area (TPSA) is 39.2 Å². The number of ether oxygens (including phenoxy) is 1. The molecule has 0 fully saturated rings. The van der Waals surface area contributed by atoms with E-state index < -0.39 is 0 Å². The molecule has 128 valence electrons. The van der Waals surface area contributed by atoms with E-state index >= 15 is 0 Å². The van der Waals surface area contributed by atoms with Crippen LogP contribution in [0.3, 0.4) is 0 Å². The number of esters is 1. The average molecular weight is 325 g/mol. The molecule has 0 saturated carbocycles. The monoisotopic (exact) mass is 325 g/mol. The van der Waals surface area contributed by atoms with E-state index in [0.717, 1.165) is 35.0 Å². The summed E-state index contributed by atoms with van der Waals surface area (Å²) in [6.45, 7) is 5.64. The molecule has 3 nitrogen and oxygen atoms in total. The van der Waals surface area contributed by atoms with E-state index in [1.54, 1.807) is 0 Å². The SMILES string of the molecule is CCCCCC/C=C/Cc1nc2ccccc2c(OC(C)=O)c1C. The quantitative estimate of drug-likeness (QED) is 0.363. The van der Waals surface area contributed by atoms with Gasteiger partial charge in [0.2, 0.25) is 0 Å². The fraction of sp³-hybridized carbons (Fsp3) is 0.429. The minimum Gasteiger partial charge on any atom is -0.426 e. The van der Waals surface area contributed by atoms with Crippen LogP contribution >= 0.6 is 0 Å². The molecular formula is C21H27NO2. The molecule has 1 aromatic carbocycles. The van der Waals surface area contributed by atoms with Gasteiger partial charge in [0.25, 0.3) is 0 Å². The van der Waals surface area contributed by atoms with Crippen molar-refractivity contribution in [2.45, 2.75) is 59.3 Å². The van der Waals surface area contributed by atoms with Crippen molar-refractivity contribution in [3.05, 3.63) is 47.7 Å². The second-order valence-corrected chi connectivity index (χ2v) is 6.15. The predicted molar refractivity (Wildman–Crippen MR) is 99.4 cm³/mol. The fourth-order valence-electron chi connectivity index (χ4n) is 2.80. The number of para-hydroxylation sites is 1. The number of pyridine rings is 1. The van der Waals surface area contributed by atoms with Gasteiger partial charge in [0, 0.05) is 24.3 Å². The Balaban J connectivity index is 2.16. The molecule has 0 N–H and O–H groups in total. The predicted octanol–water partition coefficient (Wildman–Crippen LogP) is 5.54. The van der Waals surface area contributed by atoms with Crippen LogP contribution in [0, 0.1) is 6.92 Å². The lowest BCUT2D eigenvalue weighted by Gasteiger charge is -2.12. The summed E-state index contributed by atoms with van der Waals surface area (Å²) < 4.78 is 5.47. The average Bonchev–Trinajstić information content (AvgIpc) is 2.57. The zero-order chi connectivity index (χ0) is 17.4. The van der Waals surface area contributed by atoms with Gasteiger partial charge in [0.1, 0.15) is 5.75 Å². The third-order valence-electron chi connectivity index (χ3n) is 4.13. The maximum atomic E-state index is 11.4. The Labute approximate surface area is 144 Å². The smallest absolute Gasteiger partial charge is 0.308 e. The number of unbranched alkanes of at least 4 members (excludes halogenated alkanes) is 4. The molecule has 0 unspecified atom stereocenters. The molecule has 3 heteroatoms. The molecule has 0 bridgehead atoms. The van der Waals surface area contributed by atoms with E-state index in [-0.39, 0.29) is 5.97 Å². The molecule has 0 amide bonds. The van der Waals surface area contributed by atoms with Crippen molar-refractivity contribution in [1.29, 1.82) is 0 Å². The van der Waals surface area contributed by atoms with Crippen LogP contribution in [0.2, 0.25) is 0 Å². The standard InChI is InChI=1S/C21H27NO2/c1-4-5-6-7-8-9-10-14-19-16(2)21(24-17(3)23)18-13-11-12-15-20(18)22-19/h9-13,15H,4-8,14H2,1-3H3/b10-9+. The molecule has 0 radical (unpaired) electrons. The molecule has 1 aromatic heterocycles. The lowest BCUT2D eigenvalue weighted by Crippen LogP contribution is -2.06. The molecule has 2 aromatic rings. The first kappa shape index (κ1) is 18.2. The van der Waals surface area contributed by atoms with E-state index in [9.17, 15) is 4.79 Å². The van der Waals surface area contributed by atoms with Gasteiger partial charge in [-0.2, -0.15) is 0 Å². The first-order chi connectivity index (χ1) is 11.6. The van der Waals surface area contributed by atoms with Gasteiger partial charge in [-0.05, 0) is 31.9 Å². The van der Waals surface area contributed by atoms with E-state index in [2.05, 4.69) is 19.1 Å². The van der Waals surface area contributed by atoms with Crippen LogP contribution in [-0.4, -0.2) is 11.0 Å². The van der Waals surface area contributed by atoms with Crippen molar-refractivity contribution >= 4 is 16.9 Å². The van der Waals surface area contributed by atoms with Crippen LogP contribution in [0.15, 0.2) is 36.4 Å². The van der Waals surface area contributed by atoms with Crippen LogP contribution in [0.25, 0.3) is 10.9 Å². The number of carbonyl (C=O) groups excluding carboxylic acids is 1. The second-order valence-electron chi connectivity index (χ2n) is 6.15. The number of carbonyl (C=O) groups is 1. The Morgan fingerprint density at radius 3 is 2.71 bits per heavy atom. The third-order valence-corrected chi connectivity index (χ3v) is 4.13. The first-order valence-electron chi connectivity index (χ1n) is 8.85. The number of allylic oxidation sites excluding steroid dienone is 2. The summed E-state index contributed by atoms with van der Waals surface area (Å²) in [6, 6.07) is 7.79. The lowest BCUT2D eigenvalue weighted by atomic mass is 10.1. The maximum Gasteiger partial charge on any atom is 0.308 e. The molecule has 1 heterocycles. The number of benzene rings is 1.